The highest BCUT2D eigenvalue weighted by Gasteiger charge is 2.03. The highest BCUT2D eigenvalue weighted by atomic mass is 32.1. The lowest BCUT2D eigenvalue weighted by molar-refractivity contribution is 1.29. The quantitative estimate of drug-likeness (QED) is 0.529. The van der Waals surface area contributed by atoms with E-state index in [0.29, 0.717) is 5.82 Å². The Balaban J connectivity index is 2.79. The van der Waals surface area contributed by atoms with Crippen LogP contribution in [-0.4, -0.2) is 18.7 Å². The average molecular weight is 138 g/mol. The fourth-order valence-electron chi connectivity index (χ4n) is 0.567. The molecule has 0 saturated carbocycles. The van der Waals surface area contributed by atoms with Gasteiger partial charge in [0.15, 0.2) is 5.82 Å². The molecule has 2 aliphatic heterocycles. The van der Waals surface area contributed by atoms with E-state index in [0.717, 1.165) is 17.4 Å². The Labute approximate surface area is 55.3 Å². The van der Waals surface area contributed by atoms with Crippen LogP contribution < -0.4 is 0 Å². The summed E-state index contributed by atoms with van der Waals surface area (Å²) < 4.78 is 7.71. The Morgan fingerprint density at radius 2 is 2.33 bits per heavy atom. The predicted octanol–water partition coefficient (Wildman–Crippen LogP) is 0.433. The molecule has 0 aromatic rings. The number of fused-ring (bicyclic) bond motifs is 1. The molecule has 5 heteroatoms. The van der Waals surface area contributed by atoms with Gasteiger partial charge in [0, 0.05) is 0 Å². The summed E-state index contributed by atoms with van der Waals surface area (Å²) in [7, 11) is 0. The molecule has 0 spiro atoms. The minimum atomic E-state index is 0.676. The zero-order valence-corrected chi connectivity index (χ0v) is 5.17. The van der Waals surface area contributed by atoms with E-state index in [2.05, 4.69) is 18.7 Å². The van der Waals surface area contributed by atoms with E-state index in [1.165, 1.54) is 6.33 Å². The third-order valence-corrected chi connectivity index (χ3v) is 1.41. The smallest absolute Gasteiger partial charge is 0.195 e. The van der Waals surface area contributed by atoms with Crippen LogP contribution in [0.1, 0.15) is 0 Å². The molecular weight excluding hydrogens is 136 g/mol. The topological polar surface area (TPSA) is 51.6 Å². The second kappa shape index (κ2) is 1.70. The molecule has 4 nitrogen and oxygen atoms in total. The zero-order valence-electron chi connectivity index (χ0n) is 4.35. The summed E-state index contributed by atoms with van der Waals surface area (Å²) in [6.07, 6.45) is 3.13. The molecule has 0 amide bonds. The van der Waals surface area contributed by atoms with Gasteiger partial charge in [-0.1, -0.05) is 0 Å². The molecule has 9 heavy (non-hydrogen) atoms. The van der Waals surface area contributed by atoms with Crippen molar-refractivity contribution in [1.29, 1.82) is 0 Å². The summed E-state index contributed by atoms with van der Waals surface area (Å²) in [6.45, 7) is 0. The van der Waals surface area contributed by atoms with Crippen molar-refractivity contribution in [2.45, 2.75) is 0 Å². The lowest BCUT2D eigenvalue weighted by atomic mass is 10.5. The second-order valence-electron chi connectivity index (χ2n) is 1.49. The number of nitrogens with zero attached hydrogens (tertiary/aromatic N) is 4. The minimum absolute atomic E-state index is 0.676. The Bertz CT molecular complexity index is 253. The second-order valence-corrected chi connectivity index (χ2v) is 2.05. The van der Waals surface area contributed by atoms with Crippen molar-refractivity contribution in [3.63, 3.8) is 0 Å². The van der Waals surface area contributed by atoms with Crippen molar-refractivity contribution >= 4 is 11.7 Å². The number of hydrogen-bond acceptors (Lipinski definition) is 5. The van der Waals surface area contributed by atoms with Gasteiger partial charge in [-0.25, -0.2) is 9.97 Å². The van der Waals surface area contributed by atoms with E-state index >= 15 is 0 Å². The molecule has 0 fully saturated rings. The van der Waals surface area contributed by atoms with E-state index in [1.807, 2.05) is 0 Å². The third-order valence-electron chi connectivity index (χ3n) is 0.955. The monoisotopic (exact) mass is 138 g/mol. The Morgan fingerprint density at radius 1 is 1.33 bits per heavy atom. The van der Waals surface area contributed by atoms with E-state index < -0.39 is 0 Å². The zero-order chi connectivity index (χ0) is 6.10. The molecule has 2 heterocycles. The van der Waals surface area contributed by atoms with Gasteiger partial charge in [0.25, 0.3) is 0 Å². The van der Waals surface area contributed by atoms with Crippen LogP contribution in [0.3, 0.4) is 0 Å². The van der Waals surface area contributed by atoms with Crippen molar-refractivity contribution in [2.75, 3.05) is 0 Å². The normalized spacial score (nSPS) is 10.2. The van der Waals surface area contributed by atoms with Crippen LogP contribution in [0.25, 0.3) is 11.5 Å². The Kier molecular flexibility index (Phi) is 0.895. The number of aromatic nitrogens is 4. The molecule has 0 unspecified atom stereocenters. The summed E-state index contributed by atoms with van der Waals surface area (Å²) in [4.78, 5) is 7.76. The summed E-state index contributed by atoms with van der Waals surface area (Å²) in [5.74, 6) is 0.676. The molecule has 0 radical (unpaired) electrons. The van der Waals surface area contributed by atoms with Gasteiger partial charge >= 0.3 is 0 Å². The molecule has 0 N–H and O–H groups in total. The van der Waals surface area contributed by atoms with Crippen LogP contribution in [-0.2, 0) is 0 Å². The number of imidazole rings is 1. The van der Waals surface area contributed by atoms with Crippen LogP contribution in [0.5, 0.6) is 0 Å². The summed E-state index contributed by atoms with van der Waals surface area (Å²) in [5, 5.41) is 0. The van der Waals surface area contributed by atoms with Gasteiger partial charge in [-0.2, -0.15) is 8.75 Å². The van der Waals surface area contributed by atoms with Gasteiger partial charge < -0.3 is 0 Å². The van der Waals surface area contributed by atoms with Gasteiger partial charge in [0.1, 0.15) is 12.0 Å². The van der Waals surface area contributed by atoms with E-state index in [4.69, 9.17) is 0 Å². The summed E-state index contributed by atoms with van der Waals surface area (Å²) in [6, 6.07) is 0. The fourth-order valence-corrected chi connectivity index (χ4v) is 0.979. The molecule has 0 aromatic heterocycles. The van der Waals surface area contributed by atoms with Crippen molar-refractivity contribution in [2.24, 2.45) is 0 Å². The highest BCUT2D eigenvalue weighted by molar-refractivity contribution is 6.99. The molecule has 0 aromatic carbocycles. The maximum Gasteiger partial charge on any atom is 0.195 e. The van der Waals surface area contributed by atoms with Crippen LogP contribution >= 0.6 is 11.7 Å². The first-order valence-electron chi connectivity index (χ1n) is 2.35. The number of rotatable bonds is 0. The molecule has 44 valence electrons. The molecule has 0 saturated heterocycles. The molecular formula is C4H2N4S. The SMILES string of the molecule is c1nc2cnsnc-2n1. The third kappa shape index (κ3) is 0.655. The first kappa shape index (κ1) is 4.75. The highest BCUT2D eigenvalue weighted by Crippen LogP contribution is 2.10. The average Bonchev–Trinajstić information content (AvgIpc) is 2.33. The number of hydrogen-bond donors (Lipinski definition) is 0. The van der Waals surface area contributed by atoms with Crippen LogP contribution in [0, 0.1) is 0 Å². The molecule has 0 atom stereocenters. The van der Waals surface area contributed by atoms with Gasteiger partial charge in [0.2, 0.25) is 0 Å². The lowest BCUT2D eigenvalue weighted by Crippen LogP contribution is -1.80. The molecule has 0 bridgehead atoms. The Morgan fingerprint density at radius 3 is 3.22 bits per heavy atom. The first-order chi connectivity index (χ1) is 4.47. The van der Waals surface area contributed by atoms with Crippen molar-refractivity contribution < 1.29 is 0 Å². The van der Waals surface area contributed by atoms with E-state index in [-0.39, 0.29) is 0 Å². The van der Waals surface area contributed by atoms with Crippen molar-refractivity contribution in [3.05, 3.63) is 12.5 Å². The predicted molar refractivity (Wildman–Crippen MR) is 32.1 cm³/mol. The van der Waals surface area contributed by atoms with Crippen LogP contribution in [0.4, 0.5) is 0 Å². The maximum absolute atomic E-state index is 3.90. The fraction of sp³-hybridized carbons (Fsp3) is 0. The van der Waals surface area contributed by atoms with E-state index in [1.54, 1.807) is 6.20 Å². The van der Waals surface area contributed by atoms with Gasteiger partial charge in [-0.3, -0.25) is 0 Å². The molecule has 2 aliphatic rings. The summed E-state index contributed by atoms with van der Waals surface area (Å²) >= 11 is 1.13. The molecule has 0 aliphatic carbocycles. The minimum Gasteiger partial charge on any atom is -0.231 e. The van der Waals surface area contributed by atoms with Crippen LogP contribution in [0.15, 0.2) is 12.5 Å². The van der Waals surface area contributed by atoms with Gasteiger partial charge in [0.05, 0.1) is 17.9 Å². The van der Waals surface area contributed by atoms with Crippen LogP contribution in [0.2, 0.25) is 0 Å². The maximum atomic E-state index is 3.90. The van der Waals surface area contributed by atoms with Gasteiger partial charge in [-0.05, 0) is 0 Å². The largest absolute Gasteiger partial charge is 0.231 e. The van der Waals surface area contributed by atoms with E-state index in [9.17, 15) is 0 Å². The first-order valence-corrected chi connectivity index (χ1v) is 3.08. The Hall–Kier alpha value is -1.10. The standard InChI is InChI=1S/C4H2N4S/c1-3-4(6-2-5-3)8-9-7-1/h1-2H. The molecule has 2 rings (SSSR count). The summed E-state index contributed by atoms with van der Waals surface area (Å²) in [5.41, 5.74) is 0.758. The van der Waals surface area contributed by atoms with Crippen molar-refractivity contribution in [3.8, 4) is 11.5 Å². The lowest BCUT2D eigenvalue weighted by Gasteiger charge is -1.85. The van der Waals surface area contributed by atoms with Crippen molar-refractivity contribution in [1.82, 2.24) is 18.7 Å². The van der Waals surface area contributed by atoms with Gasteiger partial charge in [-0.15, -0.1) is 0 Å².